The number of rotatable bonds is 6. The Hall–Kier alpha value is -3.43. The highest BCUT2D eigenvalue weighted by Crippen LogP contribution is 2.35. The van der Waals surface area contributed by atoms with E-state index in [2.05, 4.69) is 15.6 Å². The molecule has 0 aliphatic carbocycles. The van der Waals surface area contributed by atoms with E-state index in [9.17, 15) is 19.1 Å². The molecular formula is C24H25ClFN5O3. The molecule has 0 bridgehead atoms. The number of pyridine rings is 2. The summed E-state index contributed by atoms with van der Waals surface area (Å²) < 4.78 is 16.3. The highest BCUT2D eigenvalue weighted by atomic mass is 35.5. The van der Waals surface area contributed by atoms with Crippen molar-refractivity contribution in [1.82, 2.24) is 14.9 Å². The number of hydrogen-bond acceptors (Lipinski definition) is 6. The van der Waals surface area contributed by atoms with Gasteiger partial charge in [-0.15, -0.1) is 0 Å². The molecule has 10 heteroatoms. The van der Waals surface area contributed by atoms with E-state index < -0.39 is 17.8 Å². The maximum Gasteiger partial charge on any atom is 0.260 e. The smallest absolute Gasteiger partial charge is 0.260 e. The Labute approximate surface area is 201 Å². The molecule has 2 aromatic heterocycles. The zero-order valence-corrected chi connectivity index (χ0v) is 19.6. The number of carbonyl (C=O) groups is 1. The molecule has 0 fully saturated rings. The third kappa shape index (κ3) is 4.62. The Morgan fingerprint density at radius 3 is 2.79 bits per heavy atom. The number of halogens is 2. The van der Waals surface area contributed by atoms with Gasteiger partial charge in [-0.05, 0) is 43.7 Å². The van der Waals surface area contributed by atoms with Crippen molar-refractivity contribution < 1.29 is 14.3 Å². The van der Waals surface area contributed by atoms with Gasteiger partial charge in [-0.1, -0.05) is 11.6 Å². The second-order valence-corrected chi connectivity index (χ2v) is 8.69. The number of benzene rings is 1. The SMILES string of the molecule is C[C@@H](CO)NC(=O)c1cnccc1Nc1cc(-c2cc(Cl)ccc2F)c(=O)n2c1N(C)CCC2. The first kappa shape index (κ1) is 23.7. The summed E-state index contributed by atoms with van der Waals surface area (Å²) in [5.74, 6) is -0.331. The van der Waals surface area contributed by atoms with E-state index in [0.717, 1.165) is 13.0 Å². The third-order valence-corrected chi connectivity index (χ3v) is 5.94. The van der Waals surface area contributed by atoms with Gasteiger partial charge >= 0.3 is 0 Å². The minimum Gasteiger partial charge on any atom is -0.394 e. The summed E-state index contributed by atoms with van der Waals surface area (Å²) in [5, 5.41) is 15.6. The summed E-state index contributed by atoms with van der Waals surface area (Å²) in [7, 11) is 1.87. The number of fused-ring (bicyclic) bond motifs is 1. The maximum atomic E-state index is 14.7. The lowest BCUT2D eigenvalue weighted by Crippen LogP contribution is -2.37. The van der Waals surface area contributed by atoms with Crippen molar-refractivity contribution in [3.63, 3.8) is 0 Å². The highest BCUT2D eigenvalue weighted by molar-refractivity contribution is 6.30. The second-order valence-electron chi connectivity index (χ2n) is 8.25. The molecule has 8 nitrogen and oxygen atoms in total. The van der Waals surface area contributed by atoms with Crippen molar-refractivity contribution in [2.75, 3.05) is 30.4 Å². The van der Waals surface area contributed by atoms with Crippen LogP contribution in [0.3, 0.4) is 0 Å². The molecule has 34 heavy (non-hydrogen) atoms. The lowest BCUT2D eigenvalue weighted by Gasteiger charge is -2.32. The minimum atomic E-state index is -0.556. The summed E-state index contributed by atoms with van der Waals surface area (Å²) in [6.45, 7) is 2.68. The number of aliphatic hydroxyl groups excluding tert-OH is 1. The number of nitrogens with one attached hydrogen (secondary N) is 2. The van der Waals surface area contributed by atoms with Gasteiger partial charge in [0.15, 0.2) is 0 Å². The van der Waals surface area contributed by atoms with Crippen molar-refractivity contribution in [3.05, 3.63) is 69.5 Å². The fraction of sp³-hybridized carbons (Fsp3) is 0.292. The Morgan fingerprint density at radius 1 is 1.24 bits per heavy atom. The highest BCUT2D eigenvalue weighted by Gasteiger charge is 2.24. The largest absolute Gasteiger partial charge is 0.394 e. The Morgan fingerprint density at radius 2 is 2.03 bits per heavy atom. The normalized spacial score (nSPS) is 13.9. The summed E-state index contributed by atoms with van der Waals surface area (Å²) in [5.41, 5.74) is 1.20. The maximum absolute atomic E-state index is 14.7. The molecule has 3 aromatic rings. The monoisotopic (exact) mass is 485 g/mol. The predicted octanol–water partition coefficient (Wildman–Crippen LogP) is 3.40. The van der Waals surface area contributed by atoms with Crippen LogP contribution in [0.2, 0.25) is 5.02 Å². The summed E-state index contributed by atoms with van der Waals surface area (Å²) in [4.78, 5) is 32.1. The number of nitrogens with zero attached hydrogens (tertiary/aromatic N) is 3. The number of anilines is 3. The lowest BCUT2D eigenvalue weighted by atomic mass is 10.0. The molecule has 178 valence electrons. The van der Waals surface area contributed by atoms with Gasteiger partial charge in [-0.2, -0.15) is 0 Å². The summed E-state index contributed by atoms with van der Waals surface area (Å²) in [6, 6.07) is 6.88. The van der Waals surface area contributed by atoms with Crippen LogP contribution in [0, 0.1) is 5.82 Å². The minimum absolute atomic E-state index is 0.105. The standard InChI is InChI=1S/C24H25ClFN5O3/c1-14(13-32)28-22(33)18-12-27-7-6-20(18)29-21-11-17(16-10-15(25)4-5-19(16)26)24(34)31-9-3-8-30(2)23(21)31/h4-7,10-12,14,32H,3,8-9,13H2,1-2H3,(H,27,29)(H,28,33)/t14-/m0/s1. The number of aliphatic hydroxyl groups is 1. The third-order valence-electron chi connectivity index (χ3n) is 5.70. The first-order valence-corrected chi connectivity index (χ1v) is 11.2. The fourth-order valence-electron chi connectivity index (χ4n) is 4.01. The average Bonchev–Trinajstić information content (AvgIpc) is 2.82. The summed E-state index contributed by atoms with van der Waals surface area (Å²) in [6.07, 6.45) is 3.72. The topological polar surface area (TPSA) is 99.5 Å². The van der Waals surface area contributed by atoms with Gasteiger partial charge < -0.3 is 20.6 Å². The van der Waals surface area contributed by atoms with Crippen LogP contribution in [-0.4, -0.2) is 46.8 Å². The van der Waals surface area contributed by atoms with Crippen LogP contribution in [0.25, 0.3) is 11.1 Å². The molecule has 0 radical (unpaired) electrons. The van der Waals surface area contributed by atoms with Crippen LogP contribution < -0.4 is 21.1 Å². The van der Waals surface area contributed by atoms with Gasteiger partial charge in [0.2, 0.25) is 0 Å². The molecule has 1 aromatic carbocycles. The zero-order chi connectivity index (χ0) is 24.4. The van der Waals surface area contributed by atoms with Crippen molar-refractivity contribution in [3.8, 4) is 11.1 Å². The molecule has 0 unspecified atom stereocenters. The second kappa shape index (κ2) is 9.82. The molecule has 4 rings (SSSR count). The van der Waals surface area contributed by atoms with Crippen molar-refractivity contribution in [2.24, 2.45) is 0 Å². The van der Waals surface area contributed by atoms with E-state index in [1.54, 1.807) is 23.6 Å². The number of hydrogen-bond donors (Lipinski definition) is 3. The molecular weight excluding hydrogens is 461 g/mol. The predicted molar refractivity (Wildman–Crippen MR) is 131 cm³/mol. The van der Waals surface area contributed by atoms with Gasteiger partial charge in [-0.3, -0.25) is 19.1 Å². The zero-order valence-electron chi connectivity index (χ0n) is 18.8. The molecule has 1 amide bonds. The van der Waals surface area contributed by atoms with Crippen LogP contribution in [-0.2, 0) is 6.54 Å². The van der Waals surface area contributed by atoms with Gasteiger partial charge in [-0.25, -0.2) is 4.39 Å². The molecule has 0 saturated carbocycles. The van der Waals surface area contributed by atoms with Gasteiger partial charge in [0.05, 0.1) is 29.1 Å². The van der Waals surface area contributed by atoms with Crippen LogP contribution in [0.4, 0.5) is 21.6 Å². The van der Waals surface area contributed by atoms with Gasteiger partial charge in [0.1, 0.15) is 11.6 Å². The quantitative estimate of drug-likeness (QED) is 0.495. The van der Waals surface area contributed by atoms with Crippen molar-refractivity contribution in [2.45, 2.75) is 25.9 Å². The molecule has 0 saturated heterocycles. The van der Waals surface area contributed by atoms with Gasteiger partial charge in [0.25, 0.3) is 11.5 Å². The van der Waals surface area contributed by atoms with E-state index in [1.807, 2.05) is 11.9 Å². The number of aromatic nitrogens is 2. The molecule has 1 aliphatic heterocycles. The Kier molecular flexibility index (Phi) is 6.85. The van der Waals surface area contributed by atoms with Crippen LogP contribution in [0.15, 0.2) is 47.5 Å². The van der Waals surface area contributed by atoms with Crippen LogP contribution in [0.1, 0.15) is 23.7 Å². The molecule has 3 heterocycles. The first-order chi connectivity index (χ1) is 16.3. The lowest BCUT2D eigenvalue weighted by molar-refractivity contribution is 0.0923. The molecule has 1 aliphatic rings. The average molecular weight is 486 g/mol. The fourth-order valence-corrected chi connectivity index (χ4v) is 4.19. The number of carbonyl (C=O) groups excluding carboxylic acids is 1. The Bertz CT molecular complexity index is 1300. The molecule has 0 spiro atoms. The molecule has 3 N–H and O–H groups in total. The van der Waals surface area contributed by atoms with Crippen molar-refractivity contribution >= 4 is 34.7 Å². The van der Waals surface area contributed by atoms with E-state index >= 15 is 0 Å². The van der Waals surface area contributed by atoms with E-state index in [4.69, 9.17) is 11.6 Å². The van der Waals surface area contributed by atoms with Gasteiger partial charge in [0, 0.05) is 49.2 Å². The van der Waals surface area contributed by atoms with Crippen LogP contribution in [0.5, 0.6) is 0 Å². The van der Waals surface area contributed by atoms with Crippen molar-refractivity contribution in [1.29, 1.82) is 0 Å². The number of amides is 1. The van der Waals surface area contributed by atoms with E-state index in [1.165, 1.54) is 30.6 Å². The first-order valence-electron chi connectivity index (χ1n) is 10.9. The molecule has 1 atom stereocenters. The van der Waals surface area contributed by atoms with E-state index in [-0.39, 0.29) is 28.9 Å². The van der Waals surface area contributed by atoms with E-state index in [0.29, 0.717) is 28.8 Å². The Balaban J connectivity index is 1.86. The van der Waals surface area contributed by atoms with Crippen LogP contribution >= 0.6 is 11.6 Å². The summed E-state index contributed by atoms with van der Waals surface area (Å²) >= 11 is 6.10.